The first-order valence-electron chi connectivity index (χ1n) is 9.32. The van der Waals surface area contributed by atoms with Crippen LogP contribution in [0.1, 0.15) is 30.8 Å². The van der Waals surface area contributed by atoms with E-state index in [9.17, 15) is 26.2 Å². The normalized spacial score (nSPS) is 13.7. The number of hydrogen-bond donors (Lipinski definition) is 2. The van der Waals surface area contributed by atoms with Gasteiger partial charge in [-0.25, -0.2) is 18.9 Å². The summed E-state index contributed by atoms with van der Waals surface area (Å²) in [7, 11) is -1.32. The Morgan fingerprint density at radius 1 is 1.12 bits per heavy atom. The first kappa shape index (κ1) is 24.4. The molecule has 2 atom stereocenters. The van der Waals surface area contributed by atoms with Gasteiger partial charge in [0, 0.05) is 24.7 Å². The first-order chi connectivity index (χ1) is 15.6. The Hall–Kier alpha value is -3.20. The zero-order valence-corrected chi connectivity index (χ0v) is 17.7. The maximum atomic E-state index is 12.6. The van der Waals surface area contributed by atoms with Crippen molar-refractivity contribution in [3.63, 3.8) is 0 Å². The molecular weight excluding hydrogens is 475 g/mol. The van der Waals surface area contributed by atoms with Gasteiger partial charge < -0.3 is 14.5 Å². The minimum absolute atomic E-state index is 0.108. The average molecular weight is 492 g/mol. The zero-order chi connectivity index (χ0) is 24.0. The number of nitrogens with one attached hydrogen (secondary N) is 2. The number of nitrogens with zero attached hydrogens (tertiary/aromatic N) is 4. The molecule has 3 rings (SSSR count). The lowest BCUT2D eigenvalue weighted by atomic mass is 10.1. The van der Waals surface area contributed by atoms with Crippen molar-refractivity contribution >= 4 is 16.9 Å². The number of ether oxygens (including phenoxy) is 1. The van der Waals surface area contributed by atoms with Gasteiger partial charge in [-0.15, -0.1) is 23.4 Å². The van der Waals surface area contributed by atoms with Gasteiger partial charge in [-0.1, -0.05) is 19.1 Å². The predicted octanol–water partition coefficient (Wildman–Crippen LogP) is 3.79. The number of aromatic nitrogens is 4. The summed E-state index contributed by atoms with van der Waals surface area (Å²) in [6, 6.07) is 4.53. The second-order valence-corrected chi connectivity index (χ2v) is 7.89. The van der Waals surface area contributed by atoms with E-state index >= 15 is 0 Å². The molecule has 0 bridgehead atoms. The Bertz CT molecular complexity index is 1060. The minimum Gasteiger partial charge on any atom is -0.415 e. The topological polar surface area (TPSA) is 115 Å². The van der Waals surface area contributed by atoms with Crippen LogP contribution in [0.3, 0.4) is 0 Å². The summed E-state index contributed by atoms with van der Waals surface area (Å²) in [5, 5.41) is 9.71. The standard InChI is InChI=1S/C18H17F5N6O3S/c1-2-33(30)26-9-13(10-3-5-12(6-4-10)32-18(21,22)23)27-17-24-7-11(8-25-17)15-28-29-16(31-15)14(19)20/h3-8,13-14,26H,2,9H2,1H3,(H,24,25,27). The average Bonchev–Trinajstić information content (AvgIpc) is 3.27. The molecule has 0 aliphatic rings. The lowest BCUT2D eigenvalue weighted by Crippen LogP contribution is -2.29. The smallest absolute Gasteiger partial charge is 0.415 e. The highest BCUT2D eigenvalue weighted by molar-refractivity contribution is 7.82. The molecule has 33 heavy (non-hydrogen) atoms. The number of rotatable bonds is 10. The van der Waals surface area contributed by atoms with Gasteiger partial charge in [0.2, 0.25) is 5.95 Å². The Labute approximate surface area is 186 Å². The third-order valence-corrected chi connectivity index (χ3v) is 5.07. The lowest BCUT2D eigenvalue weighted by molar-refractivity contribution is -0.274. The van der Waals surface area contributed by atoms with Crippen LogP contribution in [0.5, 0.6) is 5.75 Å². The van der Waals surface area contributed by atoms with Gasteiger partial charge in [0.25, 0.3) is 11.8 Å². The molecule has 0 fully saturated rings. The maximum absolute atomic E-state index is 12.6. The summed E-state index contributed by atoms with van der Waals surface area (Å²) in [5.41, 5.74) is 0.742. The SMILES string of the molecule is CCS(=O)NCC(Nc1ncc(-c2nnc(C(F)F)o2)cn1)c1ccc(OC(F)(F)F)cc1. The zero-order valence-electron chi connectivity index (χ0n) is 16.8. The molecule has 0 aliphatic carbocycles. The van der Waals surface area contributed by atoms with E-state index in [2.05, 4.69) is 34.9 Å². The van der Waals surface area contributed by atoms with E-state index in [4.69, 9.17) is 4.42 Å². The molecule has 0 amide bonds. The van der Waals surface area contributed by atoms with Crippen molar-refractivity contribution < 1.29 is 35.3 Å². The van der Waals surface area contributed by atoms with Crippen molar-refractivity contribution in [1.82, 2.24) is 24.9 Å². The highest BCUT2D eigenvalue weighted by atomic mass is 32.2. The Morgan fingerprint density at radius 3 is 2.33 bits per heavy atom. The molecule has 0 saturated heterocycles. The summed E-state index contributed by atoms with van der Waals surface area (Å²) < 4.78 is 85.6. The van der Waals surface area contributed by atoms with Crippen molar-refractivity contribution in [2.24, 2.45) is 0 Å². The molecule has 3 aromatic rings. The van der Waals surface area contributed by atoms with Crippen LogP contribution in [0.2, 0.25) is 0 Å². The van der Waals surface area contributed by atoms with E-state index in [1.165, 1.54) is 24.5 Å². The molecule has 15 heteroatoms. The molecule has 2 aromatic heterocycles. The molecular formula is C18H17F5N6O3S. The molecule has 2 unspecified atom stereocenters. The van der Waals surface area contributed by atoms with Crippen molar-refractivity contribution in [1.29, 1.82) is 0 Å². The summed E-state index contributed by atoms with van der Waals surface area (Å²) in [5.74, 6) is -0.953. The van der Waals surface area contributed by atoms with Crippen molar-refractivity contribution in [3.05, 3.63) is 48.1 Å². The van der Waals surface area contributed by atoms with E-state index in [1.807, 2.05) is 0 Å². The van der Waals surface area contributed by atoms with Crippen LogP contribution in [-0.4, -0.2) is 43.0 Å². The van der Waals surface area contributed by atoms with Gasteiger partial charge in [0.15, 0.2) is 0 Å². The van der Waals surface area contributed by atoms with E-state index in [0.717, 1.165) is 12.1 Å². The van der Waals surface area contributed by atoms with Gasteiger partial charge in [-0.05, 0) is 17.7 Å². The fourth-order valence-electron chi connectivity index (χ4n) is 2.54. The van der Waals surface area contributed by atoms with E-state index in [0.29, 0.717) is 11.3 Å². The summed E-state index contributed by atoms with van der Waals surface area (Å²) >= 11 is 0. The second-order valence-electron chi connectivity index (χ2n) is 6.34. The third kappa shape index (κ3) is 7.15. The van der Waals surface area contributed by atoms with Crippen LogP contribution in [0.15, 0.2) is 41.1 Å². The Kier molecular flexibility index (Phi) is 7.86. The third-order valence-electron chi connectivity index (χ3n) is 4.06. The van der Waals surface area contributed by atoms with Crippen molar-refractivity contribution in [2.45, 2.75) is 25.8 Å². The fourth-order valence-corrected chi connectivity index (χ4v) is 3.10. The monoisotopic (exact) mass is 492 g/mol. The molecule has 0 saturated carbocycles. The van der Waals surface area contributed by atoms with Crippen LogP contribution in [0, 0.1) is 0 Å². The van der Waals surface area contributed by atoms with Crippen molar-refractivity contribution in [3.8, 4) is 17.2 Å². The fraction of sp³-hybridized carbons (Fsp3) is 0.333. The molecule has 0 aliphatic heterocycles. The number of benzene rings is 1. The van der Waals surface area contributed by atoms with Crippen LogP contribution in [0.25, 0.3) is 11.5 Å². The summed E-state index contributed by atoms with van der Waals surface area (Å²) in [6.45, 7) is 1.85. The van der Waals surface area contributed by atoms with E-state index in [1.54, 1.807) is 6.92 Å². The Balaban J connectivity index is 1.76. The largest absolute Gasteiger partial charge is 0.573 e. The maximum Gasteiger partial charge on any atom is 0.573 e. The van der Waals surface area contributed by atoms with E-state index in [-0.39, 0.29) is 23.9 Å². The molecule has 9 nitrogen and oxygen atoms in total. The summed E-state index contributed by atoms with van der Waals surface area (Å²) in [4.78, 5) is 8.15. The number of hydrogen-bond acceptors (Lipinski definition) is 8. The number of anilines is 1. The van der Waals surface area contributed by atoms with Crippen LogP contribution in [0.4, 0.5) is 27.9 Å². The predicted molar refractivity (Wildman–Crippen MR) is 106 cm³/mol. The number of alkyl halides is 5. The first-order valence-corrected chi connectivity index (χ1v) is 10.6. The lowest BCUT2D eigenvalue weighted by Gasteiger charge is -2.20. The van der Waals surface area contributed by atoms with Crippen LogP contribution >= 0.6 is 0 Å². The molecule has 0 spiro atoms. The highest BCUT2D eigenvalue weighted by Gasteiger charge is 2.31. The quantitative estimate of drug-likeness (QED) is 0.411. The molecule has 2 heterocycles. The van der Waals surface area contributed by atoms with Gasteiger partial charge in [-0.2, -0.15) is 8.78 Å². The van der Waals surface area contributed by atoms with E-state index < -0.39 is 41.5 Å². The van der Waals surface area contributed by atoms with Gasteiger partial charge in [0.05, 0.1) is 22.6 Å². The van der Waals surface area contributed by atoms with Gasteiger partial charge >= 0.3 is 12.8 Å². The van der Waals surface area contributed by atoms with Crippen LogP contribution < -0.4 is 14.8 Å². The molecule has 2 N–H and O–H groups in total. The minimum atomic E-state index is -4.82. The molecule has 1 aromatic carbocycles. The Morgan fingerprint density at radius 2 is 1.79 bits per heavy atom. The van der Waals surface area contributed by atoms with Gasteiger partial charge in [-0.3, -0.25) is 0 Å². The van der Waals surface area contributed by atoms with Gasteiger partial charge in [0.1, 0.15) is 5.75 Å². The van der Waals surface area contributed by atoms with Crippen molar-refractivity contribution in [2.75, 3.05) is 17.6 Å². The highest BCUT2D eigenvalue weighted by Crippen LogP contribution is 2.26. The molecule has 0 radical (unpaired) electrons. The summed E-state index contributed by atoms with van der Waals surface area (Å²) in [6.07, 6.45) is -5.19. The number of halogens is 5. The molecule has 178 valence electrons. The van der Waals surface area contributed by atoms with Crippen LogP contribution in [-0.2, 0) is 11.0 Å². The second kappa shape index (κ2) is 10.6.